The number of aliphatic hydroxyl groups excluding tert-OH is 1. The first-order chi connectivity index (χ1) is 7.87. The molecule has 1 saturated carbocycles. The van der Waals surface area contributed by atoms with Gasteiger partial charge in [-0.15, -0.1) is 0 Å². The lowest BCUT2D eigenvalue weighted by molar-refractivity contribution is -0.139. The van der Waals surface area contributed by atoms with E-state index in [1.165, 1.54) is 0 Å². The summed E-state index contributed by atoms with van der Waals surface area (Å²) in [6.07, 6.45) is 1.16. The Bertz CT molecular complexity index is 403. The minimum Gasteiger partial charge on any atom is -0.480 e. The smallest absolute Gasteiger partial charge is 0.317 e. The van der Waals surface area contributed by atoms with Gasteiger partial charge in [-0.05, 0) is 18.8 Å². The largest absolute Gasteiger partial charge is 0.480 e. The molecular formula is C10H17NO5S. The van der Waals surface area contributed by atoms with Gasteiger partial charge in [-0.1, -0.05) is 0 Å². The molecule has 0 bridgehead atoms. The average molecular weight is 263 g/mol. The van der Waals surface area contributed by atoms with Crippen molar-refractivity contribution in [2.24, 2.45) is 5.92 Å². The van der Waals surface area contributed by atoms with Crippen LogP contribution >= 0.6 is 0 Å². The number of carbonyl (C=O) groups is 1. The molecule has 0 aromatic carbocycles. The van der Waals surface area contributed by atoms with Crippen LogP contribution in [0.3, 0.4) is 0 Å². The second kappa shape index (κ2) is 4.55. The highest BCUT2D eigenvalue weighted by Crippen LogP contribution is 2.31. The van der Waals surface area contributed by atoms with Gasteiger partial charge >= 0.3 is 5.97 Å². The molecule has 2 fully saturated rings. The minimum absolute atomic E-state index is 0.131. The van der Waals surface area contributed by atoms with Gasteiger partial charge in [0.2, 0.25) is 0 Å². The number of carboxylic acids is 1. The number of nitrogens with zero attached hydrogens (tertiary/aromatic N) is 1. The molecule has 0 aromatic rings. The van der Waals surface area contributed by atoms with Gasteiger partial charge in [0.15, 0.2) is 9.84 Å². The lowest BCUT2D eigenvalue weighted by atomic mass is 10.1. The first-order valence-electron chi connectivity index (χ1n) is 5.72. The van der Waals surface area contributed by atoms with Gasteiger partial charge in [-0.2, -0.15) is 0 Å². The molecule has 2 N–H and O–H groups in total. The maximum absolute atomic E-state index is 11.4. The normalized spacial score (nSPS) is 31.9. The summed E-state index contributed by atoms with van der Waals surface area (Å²) < 4.78 is 22.8. The Balaban J connectivity index is 2.05. The summed E-state index contributed by atoms with van der Waals surface area (Å²) >= 11 is 0. The molecule has 1 heterocycles. The Morgan fingerprint density at radius 2 is 1.94 bits per heavy atom. The van der Waals surface area contributed by atoms with E-state index in [1.807, 2.05) is 0 Å². The third kappa shape index (κ3) is 3.40. The Labute approximate surface area is 100 Å². The van der Waals surface area contributed by atoms with Crippen molar-refractivity contribution in [3.8, 4) is 0 Å². The highest BCUT2D eigenvalue weighted by molar-refractivity contribution is 7.91. The molecule has 98 valence electrons. The van der Waals surface area contributed by atoms with Crippen molar-refractivity contribution >= 4 is 15.8 Å². The predicted octanol–water partition coefficient (Wildman–Crippen LogP) is -1.06. The molecule has 7 heteroatoms. The molecule has 2 aliphatic rings. The van der Waals surface area contributed by atoms with Gasteiger partial charge in [-0.25, -0.2) is 8.42 Å². The van der Waals surface area contributed by atoms with Crippen LogP contribution in [0.1, 0.15) is 12.8 Å². The van der Waals surface area contributed by atoms with Gasteiger partial charge in [-0.3, -0.25) is 9.69 Å². The zero-order chi connectivity index (χ0) is 12.6. The van der Waals surface area contributed by atoms with Crippen LogP contribution in [0.4, 0.5) is 0 Å². The summed E-state index contributed by atoms with van der Waals surface area (Å²) in [5.41, 5.74) is 0. The van der Waals surface area contributed by atoms with Gasteiger partial charge in [0.1, 0.15) is 0 Å². The van der Waals surface area contributed by atoms with Crippen molar-refractivity contribution in [2.45, 2.75) is 25.0 Å². The topological polar surface area (TPSA) is 94.9 Å². The third-order valence-electron chi connectivity index (χ3n) is 3.29. The van der Waals surface area contributed by atoms with Crippen molar-refractivity contribution in [1.82, 2.24) is 4.90 Å². The number of hydrogen-bond acceptors (Lipinski definition) is 5. The van der Waals surface area contributed by atoms with E-state index in [1.54, 1.807) is 4.90 Å². The van der Waals surface area contributed by atoms with Crippen LogP contribution in [0.2, 0.25) is 0 Å². The number of carboxylic acid groups (broad SMARTS) is 1. The number of aliphatic carboxylic acids is 1. The lowest BCUT2D eigenvalue weighted by Gasteiger charge is -2.28. The quantitative estimate of drug-likeness (QED) is 0.656. The molecule has 1 aliphatic heterocycles. The Hall–Kier alpha value is -0.660. The third-order valence-corrected chi connectivity index (χ3v) is 4.99. The van der Waals surface area contributed by atoms with Crippen molar-refractivity contribution in [1.29, 1.82) is 0 Å². The standard InChI is InChI=1S/C10H17NO5S/c12-9-6-17(15,16)5-8(9)11(4-10(13)14)3-7-1-2-7/h7-9,12H,1-6H2,(H,13,14). The molecule has 1 aliphatic carbocycles. The monoisotopic (exact) mass is 263 g/mol. The fraction of sp³-hybridized carbons (Fsp3) is 0.900. The molecule has 0 spiro atoms. The van der Waals surface area contributed by atoms with E-state index in [9.17, 15) is 18.3 Å². The molecule has 6 nitrogen and oxygen atoms in total. The summed E-state index contributed by atoms with van der Waals surface area (Å²) in [5, 5.41) is 18.5. The molecule has 0 amide bonds. The highest BCUT2D eigenvalue weighted by atomic mass is 32.2. The van der Waals surface area contributed by atoms with Crippen molar-refractivity contribution < 1.29 is 23.4 Å². The van der Waals surface area contributed by atoms with Crippen LogP contribution in [0.25, 0.3) is 0 Å². The van der Waals surface area contributed by atoms with Crippen LogP contribution in [-0.4, -0.2) is 66.2 Å². The van der Waals surface area contributed by atoms with E-state index >= 15 is 0 Å². The van der Waals surface area contributed by atoms with Crippen molar-refractivity contribution in [3.63, 3.8) is 0 Å². The van der Waals surface area contributed by atoms with Crippen LogP contribution in [0.15, 0.2) is 0 Å². The first-order valence-corrected chi connectivity index (χ1v) is 7.54. The van der Waals surface area contributed by atoms with E-state index in [2.05, 4.69) is 0 Å². The maximum atomic E-state index is 11.4. The van der Waals surface area contributed by atoms with Gasteiger partial charge in [0.05, 0.1) is 30.2 Å². The SMILES string of the molecule is O=C(O)CN(CC1CC1)C1CS(=O)(=O)CC1O. The van der Waals surface area contributed by atoms with Gasteiger partial charge in [0.25, 0.3) is 0 Å². The van der Waals surface area contributed by atoms with E-state index in [0.29, 0.717) is 12.5 Å². The summed E-state index contributed by atoms with van der Waals surface area (Å²) in [6.45, 7) is 0.372. The fourth-order valence-electron chi connectivity index (χ4n) is 2.28. The highest BCUT2D eigenvalue weighted by Gasteiger charge is 2.41. The lowest BCUT2D eigenvalue weighted by Crippen LogP contribution is -2.46. The number of hydrogen-bond donors (Lipinski definition) is 2. The maximum Gasteiger partial charge on any atom is 0.317 e. The Morgan fingerprint density at radius 3 is 2.35 bits per heavy atom. The zero-order valence-electron chi connectivity index (χ0n) is 9.45. The zero-order valence-corrected chi connectivity index (χ0v) is 10.3. The number of rotatable bonds is 5. The minimum atomic E-state index is -3.23. The van der Waals surface area contributed by atoms with Crippen LogP contribution in [-0.2, 0) is 14.6 Å². The second-order valence-corrected chi connectivity index (χ2v) is 7.13. The van der Waals surface area contributed by atoms with Crippen molar-refractivity contribution in [2.75, 3.05) is 24.6 Å². The van der Waals surface area contributed by atoms with Gasteiger partial charge < -0.3 is 10.2 Å². The van der Waals surface area contributed by atoms with Crippen molar-refractivity contribution in [3.05, 3.63) is 0 Å². The average Bonchev–Trinajstić information content (AvgIpc) is 2.91. The van der Waals surface area contributed by atoms with Crippen LogP contribution in [0, 0.1) is 5.92 Å². The summed E-state index contributed by atoms with van der Waals surface area (Å²) in [6, 6.07) is -0.559. The molecule has 2 unspecified atom stereocenters. The molecule has 0 radical (unpaired) electrons. The molecular weight excluding hydrogens is 246 g/mol. The Kier molecular flexibility index (Phi) is 3.42. The van der Waals surface area contributed by atoms with E-state index in [-0.39, 0.29) is 18.1 Å². The summed E-state index contributed by atoms with van der Waals surface area (Å²) in [5.74, 6) is -0.904. The van der Waals surface area contributed by atoms with Gasteiger partial charge in [0, 0.05) is 6.54 Å². The summed E-state index contributed by atoms with van der Waals surface area (Å²) in [4.78, 5) is 12.4. The molecule has 2 atom stereocenters. The number of sulfone groups is 1. The molecule has 0 aromatic heterocycles. The molecule has 2 rings (SSSR count). The van der Waals surface area contributed by atoms with Crippen LogP contribution < -0.4 is 0 Å². The first kappa shape index (κ1) is 12.8. The summed E-state index contributed by atoms with van der Waals surface area (Å²) in [7, 11) is -3.23. The fourth-order valence-corrected chi connectivity index (χ4v) is 4.11. The molecule has 17 heavy (non-hydrogen) atoms. The number of aliphatic hydroxyl groups is 1. The molecule has 1 saturated heterocycles. The Morgan fingerprint density at radius 1 is 1.29 bits per heavy atom. The van der Waals surface area contributed by atoms with E-state index in [4.69, 9.17) is 5.11 Å². The predicted molar refractivity (Wildman–Crippen MR) is 60.4 cm³/mol. The van der Waals surface area contributed by atoms with E-state index < -0.39 is 28.0 Å². The van der Waals surface area contributed by atoms with E-state index in [0.717, 1.165) is 12.8 Å². The second-order valence-electron chi connectivity index (χ2n) is 4.98. The van der Waals surface area contributed by atoms with Crippen LogP contribution in [0.5, 0.6) is 0 Å².